The van der Waals surface area contributed by atoms with E-state index in [1.807, 2.05) is 32.9 Å². The van der Waals surface area contributed by atoms with E-state index in [1.54, 1.807) is 18.2 Å². The fourth-order valence-corrected chi connectivity index (χ4v) is 6.35. The smallest absolute Gasteiger partial charge is 0.301 e. The summed E-state index contributed by atoms with van der Waals surface area (Å²) in [4.78, 5) is 32.9. The van der Waals surface area contributed by atoms with E-state index in [9.17, 15) is 19.1 Å². The minimum absolute atomic E-state index is 0.0170. The maximum absolute atomic E-state index is 13.8. The van der Waals surface area contributed by atoms with Gasteiger partial charge in [-0.3, -0.25) is 14.5 Å². The number of aromatic nitrogens is 1. The number of ketones is 1. The van der Waals surface area contributed by atoms with Crippen molar-refractivity contribution in [1.82, 2.24) is 4.98 Å². The Morgan fingerprint density at radius 3 is 2.62 bits per heavy atom. The fourth-order valence-electron chi connectivity index (χ4n) is 5.18. The molecular formula is C29H23FN2O4S. The number of carbonyl (C=O) groups excluding carboxylic acids is 2. The molecule has 3 aromatic carbocycles. The Bertz CT molecular complexity index is 1640. The molecule has 6 rings (SSSR count). The van der Waals surface area contributed by atoms with E-state index in [-0.39, 0.29) is 17.4 Å². The number of amides is 1. The number of anilines is 1. The zero-order valence-electron chi connectivity index (χ0n) is 20.4. The monoisotopic (exact) mass is 514 g/mol. The highest BCUT2D eigenvalue weighted by Gasteiger charge is 2.48. The lowest BCUT2D eigenvalue weighted by Crippen LogP contribution is -2.29. The molecule has 1 aromatic heterocycles. The van der Waals surface area contributed by atoms with Crippen molar-refractivity contribution in [2.45, 2.75) is 39.3 Å². The van der Waals surface area contributed by atoms with Crippen LogP contribution in [0.3, 0.4) is 0 Å². The number of hydrogen-bond donors (Lipinski definition) is 1. The average molecular weight is 515 g/mol. The van der Waals surface area contributed by atoms with Crippen LogP contribution in [-0.4, -0.2) is 27.9 Å². The van der Waals surface area contributed by atoms with Gasteiger partial charge in [-0.05, 0) is 79.4 Å². The number of carbonyl (C=O) groups is 2. The molecule has 0 bridgehead atoms. The number of ether oxygens (including phenoxy) is 1. The van der Waals surface area contributed by atoms with Gasteiger partial charge in [0, 0.05) is 12.0 Å². The molecule has 2 atom stereocenters. The predicted molar refractivity (Wildman–Crippen MR) is 141 cm³/mol. The number of aryl methyl sites for hydroxylation is 2. The second-order valence-electron chi connectivity index (χ2n) is 9.60. The fraction of sp³-hybridized carbons (Fsp3) is 0.207. The molecule has 8 heteroatoms. The first-order valence-electron chi connectivity index (χ1n) is 12.0. The molecular weight excluding hydrogens is 491 g/mol. The Labute approximate surface area is 216 Å². The van der Waals surface area contributed by atoms with Gasteiger partial charge in [0.15, 0.2) is 5.13 Å². The highest BCUT2D eigenvalue weighted by Crippen LogP contribution is 2.45. The lowest BCUT2D eigenvalue weighted by Gasteiger charge is -2.23. The van der Waals surface area contributed by atoms with E-state index in [0.717, 1.165) is 32.7 Å². The van der Waals surface area contributed by atoms with E-state index in [1.165, 1.54) is 40.5 Å². The molecule has 0 spiro atoms. The van der Waals surface area contributed by atoms with Crippen LogP contribution in [-0.2, 0) is 16.0 Å². The maximum atomic E-state index is 13.8. The molecule has 1 N–H and O–H groups in total. The Morgan fingerprint density at radius 1 is 1.11 bits per heavy atom. The zero-order valence-corrected chi connectivity index (χ0v) is 21.2. The largest absolute Gasteiger partial charge is 0.507 e. The molecule has 2 aliphatic heterocycles. The van der Waals surface area contributed by atoms with Crippen LogP contribution in [0.15, 0.2) is 60.2 Å². The van der Waals surface area contributed by atoms with Crippen LogP contribution in [0.25, 0.3) is 16.0 Å². The third-order valence-electron chi connectivity index (χ3n) is 6.82. The number of nitrogens with zero attached hydrogens (tertiary/aromatic N) is 2. The van der Waals surface area contributed by atoms with Crippen molar-refractivity contribution in [2.75, 3.05) is 4.90 Å². The van der Waals surface area contributed by atoms with Gasteiger partial charge in [-0.15, -0.1) is 0 Å². The number of aliphatic hydroxyl groups excluding tert-OH is 1. The Balaban J connectivity index is 1.54. The molecule has 0 radical (unpaired) electrons. The van der Waals surface area contributed by atoms with E-state index in [2.05, 4.69) is 0 Å². The minimum atomic E-state index is -0.967. The summed E-state index contributed by atoms with van der Waals surface area (Å²) in [7, 11) is 0. The van der Waals surface area contributed by atoms with Crippen LogP contribution in [0.5, 0.6) is 5.75 Å². The van der Waals surface area contributed by atoms with Gasteiger partial charge in [-0.1, -0.05) is 29.5 Å². The highest BCUT2D eigenvalue weighted by atomic mass is 32.1. The molecule has 186 valence electrons. The molecule has 0 unspecified atom stereocenters. The summed E-state index contributed by atoms with van der Waals surface area (Å²) in [6, 6.07) is 13.8. The van der Waals surface area contributed by atoms with Crippen molar-refractivity contribution in [3.63, 3.8) is 0 Å². The molecule has 37 heavy (non-hydrogen) atoms. The number of fused-ring (bicyclic) bond motifs is 2. The SMILES string of the molecule is Cc1cc(C)c2nc(N3C(=O)C(=O)C(=C(O)c4ccc5c(c4)C[C@@H](C)O5)[C@H]3c3ccc(F)cc3)sc2c1. The second kappa shape index (κ2) is 8.52. The van der Waals surface area contributed by atoms with Crippen molar-refractivity contribution in [3.05, 3.63) is 93.8 Å². The molecule has 4 aromatic rings. The van der Waals surface area contributed by atoms with Gasteiger partial charge in [0.2, 0.25) is 0 Å². The first-order valence-corrected chi connectivity index (χ1v) is 12.8. The lowest BCUT2D eigenvalue weighted by atomic mass is 9.94. The van der Waals surface area contributed by atoms with Crippen molar-refractivity contribution in [1.29, 1.82) is 0 Å². The number of aliphatic hydroxyl groups is 1. The first-order chi connectivity index (χ1) is 17.7. The van der Waals surface area contributed by atoms with Crippen molar-refractivity contribution >= 4 is 44.1 Å². The van der Waals surface area contributed by atoms with Crippen LogP contribution >= 0.6 is 11.3 Å². The number of Topliss-reactive ketones (excluding diaryl/α,β-unsaturated/α-hetero) is 1. The van der Waals surface area contributed by atoms with Gasteiger partial charge in [-0.25, -0.2) is 9.37 Å². The van der Waals surface area contributed by atoms with E-state index < -0.39 is 23.5 Å². The molecule has 1 fully saturated rings. The number of halogens is 1. The number of hydrogen-bond acceptors (Lipinski definition) is 6. The van der Waals surface area contributed by atoms with Crippen molar-refractivity contribution in [3.8, 4) is 5.75 Å². The summed E-state index contributed by atoms with van der Waals surface area (Å²) in [5, 5.41) is 11.8. The third-order valence-corrected chi connectivity index (χ3v) is 7.83. The Kier molecular flexibility index (Phi) is 5.38. The summed E-state index contributed by atoms with van der Waals surface area (Å²) >= 11 is 1.30. The summed E-state index contributed by atoms with van der Waals surface area (Å²) in [5.74, 6) is -1.60. The maximum Gasteiger partial charge on any atom is 0.301 e. The van der Waals surface area contributed by atoms with Crippen LogP contribution in [0, 0.1) is 19.7 Å². The Morgan fingerprint density at radius 2 is 1.86 bits per heavy atom. The molecule has 1 saturated heterocycles. The predicted octanol–water partition coefficient (Wildman–Crippen LogP) is 6.00. The van der Waals surface area contributed by atoms with Crippen LogP contribution in [0.4, 0.5) is 9.52 Å². The summed E-state index contributed by atoms with van der Waals surface area (Å²) in [6.07, 6.45) is 0.694. The van der Waals surface area contributed by atoms with Gasteiger partial charge in [0.25, 0.3) is 5.78 Å². The van der Waals surface area contributed by atoms with Crippen molar-refractivity contribution < 1.29 is 23.8 Å². The molecule has 2 aliphatic rings. The summed E-state index contributed by atoms with van der Waals surface area (Å²) in [5.41, 5.74) is 4.54. The van der Waals surface area contributed by atoms with Gasteiger partial charge < -0.3 is 9.84 Å². The summed E-state index contributed by atoms with van der Waals surface area (Å²) in [6.45, 7) is 5.89. The summed E-state index contributed by atoms with van der Waals surface area (Å²) < 4.78 is 20.5. The molecule has 6 nitrogen and oxygen atoms in total. The van der Waals surface area contributed by atoms with Gasteiger partial charge in [0.05, 0.1) is 21.8 Å². The molecule has 3 heterocycles. The first kappa shape index (κ1) is 23.4. The second-order valence-corrected chi connectivity index (χ2v) is 10.6. The normalized spacial score (nSPS) is 20.5. The molecule has 0 aliphatic carbocycles. The lowest BCUT2D eigenvalue weighted by molar-refractivity contribution is -0.132. The topological polar surface area (TPSA) is 79.7 Å². The minimum Gasteiger partial charge on any atom is -0.507 e. The molecule has 0 saturated carbocycles. The molecule has 1 amide bonds. The van der Waals surface area contributed by atoms with E-state index >= 15 is 0 Å². The highest BCUT2D eigenvalue weighted by molar-refractivity contribution is 7.22. The van der Waals surface area contributed by atoms with E-state index in [4.69, 9.17) is 9.72 Å². The van der Waals surface area contributed by atoms with E-state index in [0.29, 0.717) is 22.7 Å². The van der Waals surface area contributed by atoms with Crippen LogP contribution < -0.4 is 9.64 Å². The number of thiazole rings is 1. The van der Waals surface area contributed by atoms with Gasteiger partial charge in [-0.2, -0.15) is 0 Å². The van der Waals surface area contributed by atoms with Crippen molar-refractivity contribution in [2.24, 2.45) is 0 Å². The third kappa shape index (κ3) is 3.79. The Hall–Kier alpha value is -4.04. The van der Waals surface area contributed by atoms with Crippen LogP contribution in [0.1, 0.15) is 40.8 Å². The number of rotatable bonds is 3. The quantitative estimate of drug-likeness (QED) is 0.206. The standard InChI is InChI=1S/C29H23FN2O4S/c1-14-10-15(2)24-22(11-14)37-29(31-24)32-25(17-4-7-20(30)8-5-17)23(27(34)28(32)35)26(33)18-6-9-21-19(13-18)12-16(3)36-21/h4-11,13,16,25,33H,12H2,1-3H3/t16-,25-/m1/s1. The number of benzene rings is 3. The van der Waals surface area contributed by atoms with Crippen LogP contribution in [0.2, 0.25) is 0 Å². The average Bonchev–Trinajstić information content (AvgIpc) is 3.52. The zero-order chi connectivity index (χ0) is 26.0. The van der Waals surface area contributed by atoms with Gasteiger partial charge >= 0.3 is 5.91 Å². The van der Waals surface area contributed by atoms with Gasteiger partial charge in [0.1, 0.15) is 23.4 Å².